The Kier molecular flexibility index (Phi) is 3.10. The quantitative estimate of drug-likeness (QED) is 0.579. The van der Waals surface area contributed by atoms with Crippen molar-refractivity contribution in [1.82, 2.24) is 9.78 Å². The largest absolute Gasteiger partial charge is 0.465 e. The number of carbonyl (C=O) groups excluding carboxylic acids is 1. The number of carbonyl (C=O) groups is 1. The van der Waals surface area contributed by atoms with E-state index in [9.17, 15) is 4.79 Å². The van der Waals surface area contributed by atoms with Gasteiger partial charge >= 0.3 is 5.97 Å². The molecule has 0 unspecified atom stereocenters. The number of methoxy groups -OCH3 is 1. The van der Waals surface area contributed by atoms with Gasteiger partial charge in [-0.2, -0.15) is 5.10 Å². The molecule has 0 aliphatic carbocycles. The monoisotopic (exact) mass is 281 g/mol. The summed E-state index contributed by atoms with van der Waals surface area (Å²) in [7, 11) is 1.34. The fourth-order valence-corrected chi connectivity index (χ4v) is 2.36. The number of anilines is 1. The number of nitrogens with two attached hydrogens (primary N) is 1. The van der Waals surface area contributed by atoms with E-state index in [1.165, 1.54) is 7.11 Å². The maximum atomic E-state index is 11.8. The Balaban J connectivity index is 2.23. The van der Waals surface area contributed by atoms with Gasteiger partial charge in [-0.3, -0.25) is 0 Å². The molecule has 3 rings (SSSR count). The Morgan fingerprint density at radius 1 is 1.29 bits per heavy atom. The van der Waals surface area contributed by atoms with E-state index in [2.05, 4.69) is 5.10 Å². The van der Waals surface area contributed by atoms with Gasteiger partial charge in [-0.15, -0.1) is 0 Å². The summed E-state index contributed by atoms with van der Waals surface area (Å²) in [6.07, 6.45) is 1.79. The highest BCUT2D eigenvalue weighted by Gasteiger charge is 2.15. The summed E-state index contributed by atoms with van der Waals surface area (Å²) in [6, 6.07) is 11.5. The van der Waals surface area contributed by atoms with E-state index in [4.69, 9.17) is 10.5 Å². The number of nitrogens with zero attached hydrogens (tertiary/aromatic N) is 2. The second-order valence-electron chi connectivity index (χ2n) is 4.83. The van der Waals surface area contributed by atoms with Crippen LogP contribution in [0.4, 0.5) is 5.69 Å². The topological polar surface area (TPSA) is 70.1 Å². The second-order valence-corrected chi connectivity index (χ2v) is 4.83. The Hall–Kier alpha value is -2.82. The van der Waals surface area contributed by atoms with E-state index < -0.39 is 5.97 Å². The first-order valence-corrected chi connectivity index (χ1v) is 6.53. The lowest BCUT2D eigenvalue weighted by atomic mass is 10.1. The molecule has 0 aliphatic heterocycles. The first-order valence-electron chi connectivity index (χ1n) is 6.53. The summed E-state index contributed by atoms with van der Waals surface area (Å²) < 4.78 is 6.57. The zero-order valence-corrected chi connectivity index (χ0v) is 11.8. The molecule has 21 heavy (non-hydrogen) atoms. The SMILES string of the molecule is COC(=O)c1cc(-n2ncc3ccccc32)cc(C)c1N. The molecule has 0 saturated carbocycles. The van der Waals surface area contributed by atoms with E-state index in [0.29, 0.717) is 11.3 Å². The Morgan fingerprint density at radius 3 is 2.81 bits per heavy atom. The van der Waals surface area contributed by atoms with E-state index in [-0.39, 0.29) is 0 Å². The fraction of sp³-hybridized carbons (Fsp3) is 0.125. The summed E-state index contributed by atoms with van der Waals surface area (Å²) in [5, 5.41) is 5.42. The van der Waals surface area contributed by atoms with Gasteiger partial charge in [0.25, 0.3) is 0 Å². The number of rotatable bonds is 2. The molecule has 3 aromatic rings. The van der Waals surface area contributed by atoms with Gasteiger partial charge in [0.15, 0.2) is 0 Å². The third-order valence-electron chi connectivity index (χ3n) is 3.50. The summed E-state index contributed by atoms with van der Waals surface area (Å²) >= 11 is 0. The van der Waals surface area contributed by atoms with Crippen LogP contribution in [0.2, 0.25) is 0 Å². The van der Waals surface area contributed by atoms with Crippen molar-refractivity contribution in [3.63, 3.8) is 0 Å². The van der Waals surface area contributed by atoms with Crippen LogP contribution in [0.1, 0.15) is 15.9 Å². The number of esters is 1. The van der Waals surface area contributed by atoms with Crippen molar-refractivity contribution in [1.29, 1.82) is 0 Å². The van der Waals surface area contributed by atoms with Crippen molar-refractivity contribution in [3.8, 4) is 5.69 Å². The number of hydrogen-bond donors (Lipinski definition) is 1. The molecule has 2 N–H and O–H groups in total. The van der Waals surface area contributed by atoms with Gasteiger partial charge in [-0.25, -0.2) is 9.48 Å². The highest BCUT2D eigenvalue weighted by molar-refractivity contribution is 5.96. The van der Waals surface area contributed by atoms with Crippen LogP contribution in [-0.2, 0) is 4.74 Å². The lowest BCUT2D eigenvalue weighted by Crippen LogP contribution is -2.09. The zero-order chi connectivity index (χ0) is 15.0. The number of hydrogen-bond acceptors (Lipinski definition) is 4. The minimum atomic E-state index is -0.450. The second kappa shape index (κ2) is 4.94. The van der Waals surface area contributed by atoms with Crippen molar-refractivity contribution in [3.05, 3.63) is 53.7 Å². The summed E-state index contributed by atoms with van der Waals surface area (Å²) in [5.41, 5.74) is 9.31. The number of aromatic nitrogens is 2. The van der Waals surface area contributed by atoms with Gasteiger partial charge in [-0.1, -0.05) is 18.2 Å². The molecule has 0 saturated heterocycles. The van der Waals surface area contributed by atoms with Crippen LogP contribution in [0, 0.1) is 6.92 Å². The molecule has 0 bridgehead atoms. The molecule has 0 spiro atoms. The van der Waals surface area contributed by atoms with Crippen LogP contribution in [0.3, 0.4) is 0 Å². The summed E-state index contributed by atoms with van der Waals surface area (Å²) in [6.45, 7) is 1.86. The molecular weight excluding hydrogens is 266 g/mol. The predicted octanol–water partition coefficient (Wildman–Crippen LogP) is 2.70. The number of ether oxygens (including phenoxy) is 1. The minimum absolute atomic E-state index is 0.354. The van der Waals surface area contributed by atoms with Crippen molar-refractivity contribution in [2.45, 2.75) is 6.92 Å². The normalized spacial score (nSPS) is 10.8. The zero-order valence-electron chi connectivity index (χ0n) is 11.8. The number of para-hydroxylation sites is 1. The van der Waals surface area contributed by atoms with E-state index in [1.807, 2.05) is 37.3 Å². The molecule has 0 fully saturated rings. The fourth-order valence-electron chi connectivity index (χ4n) is 2.36. The Morgan fingerprint density at radius 2 is 2.05 bits per heavy atom. The van der Waals surface area contributed by atoms with Crippen LogP contribution >= 0.6 is 0 Å². The van der Waals surface area contributed by atoms with Gasteiger partial charge < -0.3 is 10.5 Å². The first kappa shape index (κ1) is 13.2. The molecule has 0 amide bonds. The maximum absolute atomic E-state index is 11.8. The molecule has 0 aliphatic rings. The highest BCUT2D eigenvalue weighted by atomic mass is 16.5. The van der Waals surface area contributed by atoms with Crippen molar-refractivity contribution in [2.75, 3.05) is 12.8 Å². The lowest BCUT2D eigenvalue weighted by molar-refractivity contribution is 0.0602. The summed E-state index contributed by atoms with van der Waals surface area (Å²) in [4.78, 5) is 11.8. The molecule has 0 atom stereocenters. The van der Waals surface area contributed by atoms with E-state index in [1.54, 1.807) is 16.9 Å². The molecule has 2 aromatic carbocycles. The Bertz CT molecular complexity index is 837. The van der Waals surface area contributed by atoms with Gasteiger partial charge in [0.05, 0.1) is 30.1 Å². The van der Waals surface area contributed by atoms with Gasteiger partial charge in [-0.05, 0) is 30.7 Å². The minimum Gasteiger partial charge on any atom is -0.465 e. The average molecular weight is 281 g/mol. The first-order chi connectivity index (χ1) is 10.1. The third-order valence-corrected chi connectivity index (χ3v) is 3.50. The predicted molar refractivity (Wildman–Crippen MR) is 81.6 cm³/mol. The van der Waals surface area contributed by atoms with Crippen LogP contribution in [0.25, 0.3) is 16.6 Å². The molecule has 0 radical (unpaired) electrons. The molecule has 5 nitrogen and oxygen atoms in total. The number of nitrogen functional groups attached to an aromatic ring is 1. The highest BCUT2D eigenvalue weighted by Crippen LogP contribution is 2.25. The molecule has 106 valence electrons. The molecule has 1 heterocycles. The lowest BCUT2D eigenvalue weighted by Gasteiger charge is -2.11. The van der Waals surface area contributed by atoms with Gasteiger partial charge in [0.2, 0.25) is 0 Å². The van der Waals surface area contributed by atoms with Crippen LogP contribution in [0.15, 0.2) is 42.6 Å². The van der Waals surface area contributed by atoms with Gasteiger partial charge in [0.1, 0.15) is 0 Å². The van der Waals surface area contributed by atoms with Crippen molar-refractivity contribution >= 4 is 22.6 Å². The van der Waals surface area contributed by atoms with E-state index in [0.717, 1.165) is 22.2 Å². The molecular formula is C16H15N3O2. The third kappa shape index (κ3) is 2.12. The van der Waals surface area contributed by atoms with Crippen molar-refractivity contribution in [2.24, 2.45) is 0 Å². The Labute approximate surface area is 121 Å². The van der Waals surface area contributed by atoms with Crippen LogP contribution < -0.4 is 5.73 Å². The number of aryl methyl sites for hydroxylation is 1. The maximum Gasteiger partial charge on any atom is 0.340 e. The van der Waals surface area contributed by atoms with Crippen LogP contribution in [-0.4, -0.2) is 22.9 Å². The molecule has 1 aromatic heterocycles. The molecule has 5 heteroatoms. The number of fused-ring (bicyclic) bond motifs is 1. The average Bonchev–Trinajstić information content (AvgIpc) is 2.93. The van der Waals surface area contributed by atoms with Crippen LogP contribution in [0.5, 0.6) is 0 Å². The van der Waals surface area contributed by atoms with E-state index >= 15 is 0 Å². The van der Waals surface area contributed by atoms with Crippen molar-refractivity contribution < 1.29 is 9.53 Å². The smallest absolute Gasteiger partial charge is 0.340 e. The number of benzene rings is 2. The van der Waals surface area contributed by atoms with Gasteiger partial charge in [0, 0.05) is 11.1 Å². The standard InChI is InChI=1S/C16H15N3O2/c1-10-7-12(8-13(15(10)17)16(20)21-2)19-14-6-4-3-5-11(14)9-18-19/h3-9H,17H2,1-2H3. The summed E-state index contributed by atoms with van der Waals surface area (Å²) in [5.74, 6) is -0.450.